The van der Waals surface area contributed by atoms with Crippen molar-refractivity contribution in [2.75, 3.05) is 20.2 Å². The molecular formula is C43H51N7O5. The Balaban J connectivity index is 1.01. The fourth-order valence-electron chi connectivity index (χ4n) is 7.86. The Morgan fingerprint density at radius 2 is 1.71 bits per heavy atom. The number of methoxy groups -OCH3 is 1. The third-order valence-electron chi connectivity index (χ3n) is 10.9. The summed E-state index contributed by atoms with van der Waals surface area (Å²) in [5, 5.41) is 4.87. The number of aliphatic imine (C=N–C) groups is 1. The van der Waals surface area contributed by atoms with Gasteiger partial charge < -0.3 is 30.4 Å². The third kappa shape index (κ3) is 7.81. The van der Waals surface area contributed by atoms with Gasteiger partial charge in [0, 0.05) is 25.2 Å². The van der Waals surface area contributed by atoms with Gasteiger partial charge in [-0.15, -0.1) is 0 Å². The van der Waals surface area contributed by atoms with Crippen molar-refractivity contribution in [3.05, 3.63) is 84.4 Å². The number of ether oxygens (including phenoxy) is 2. The number of alkyl carbamates (subject to hydrolysis) is 1. The number of amides is 3. The maximum Gasteiger partial charge on any atom is 0.411 e. The van der Waals surface area contributed by atoms with Crippen LogP contribution in [0.4, 0.5) is 9.59 Å². The number of hydrogen-bond donors (Lipinski definition) is 3. The number of fused-ring (bicyclic) bond motifs is 1. The molecule has 3 amide bonds. The van der Waals surface area contributed by atoms with Gasteiger partial charge in [-0.25, -0.2) is 14.6 Å². The summed E-state index contributed by atoms with van der Waals surface area (Å²) in [6.45, 7) is 10.7. The number of hydrogen-bond acceptors (Lipinski definition) is 8. The van der Waals surface area contributed by atoms with E-state index in [-0.39, 0.29) is 29.5 Å². The molecule has 4 N–H and O–H groups in total. The smallest absolute Gasteiger partial charge is 0.411 e. The number of nitrogens with one attached hydrogen (secondary N) is 2. The number of rotatable bonds is 8. The number of carbonyl (C=O) groups excluding carboxylic acids is 3. The van der Waals surface area contributed by atoms with Crippen LogP contribution < -0.4 is 11.1 Å². The zero-order chi connectivity index (χ0) is 39.1. The second-order valence-corrected chi connectivity index (χ2v) is 16.2. The largest absolute Gasteiger partial charge is 0.453 e. The molecule has 1 aromatic heterocycles. The van der Waals surface area contributed by atoms with Gasteiger partial charge in [-0.05, 0) is 97.5 Å². The van der Waals surface area contributed by atoms with Crippen molar-refractivity contribution >= 4 is 40.3 Å². The van der Waals surface area contributed by atoms with E-state index >= 15 is 0 Å². The molecule has 3 aromatic carbocycles. The van der Waals surface area contributed by atoms with E-state index < -0.39 is 17.7 Å². The normalized spacial score (nSPS) is 21.1. The SMILES string of the molecule is COC(=O)NC(C(=O)N1CCC[C@H]1c1ncc(-c2ccc(-c3ccc4cc(/C(N)=C/N=C5CC56CCCN6C(=O)OC(C)(C)C)ccc4c3)cc2)[nH]1)C(C)C. The van der Waals surface area contributed by atoms with Gasteiger partial charge in [0.15, 0.2) is 0 Å². The summed E-state index contributed by atoms with van der Waals surface area (Å²) in [5.74, 6) is 0.503. The number of aromatic nitrogens is 2. The molecule has 288 valence electrons. The Morgan fingerprint density at radius 3 is 2.44 bits per heavy atom. The lowest BCUT2D eigenvalue weighted by atomic mass is 9.98. The van der Waals surface area contributed by atoms with Crippen molar-refractivity contribution in [1.29, 1.82) is 0 Å². The minimum Gasteiger partial charge on any atom is -0.453 e. The number of carbonyl (C=O) groups is 3. The highest BCUT2D eigenvalue weighted by Gasteiger charge is 2.60. The molecule has 3 fully saturated rings. The van der Waals surface area contributed by atoms with Gasteiger partial charge in [-0.1, -0.05) is 62.4 Å². The van der Waals surface area contributed by atoms with E-state index in [2.05, 4.69) is 69.9 Å². The predicted octanol–water partition coefficient (Wildman–Crippen LogP) is 7.81. The molecule has 2 aliphatic heterocycles. The molecule has 1 saturated carbocycles. The first kappa shape index (κ1) is 37.7. The van der Waals surface area contributed by atoms with E-state index in [1.165, 1.54) is 7.11 Å². The van der Waals surface area contributed by atoms with Crippen LogP contribution in [0.3, 0.4) is 0 Å². The fraction of sp³-hybridized carbons (Fsp3) is 0.419. The summed E-state index contributed by atoms with van der Waals surface area (Å²) in [7, 11) is 1.29. The lowest BCUT2D eigenvalue weighted by Crippen LogP contribution is -2.51. The van der Waals surface area contributed by atoms with Crippen molar-refractivity contribution in [3.63, 3.8) is 0 Å². The number of nitrogens with two attached hydrogens (primary N) is 1. The van der Waals surface area contributed by atoms with Crippen molar-refractivity contribution in [1.82, 2.24) is 25.1 Å². The number of imidazole rings is 1. The number of benzene rings is 3. The Hall–Kier alpha value is -5.65. The van der Waals surface area contributed by atoms with E-state index in [1.807, 2.05) is 56.7 Å². The maximum absolute atomic E-state index is 13.5. The highest BCUT2D eigenvalue weighted by atomic mass is 16.6. The standard InChI is InChI=1S/C43H51N7O5/c1-26(2)37(48-40(52)54-6)39(51)49-19-7-9-35(49)38-46-25-34(47-38)28-12-10-27(11-13-28)29-14-15-31-22-32(17-16-30(31)21-29)33(44)24-45-36-23-43(36)18-8-20-50(43)41(53)55-42(3,4)5/h10-17,21-22,24-26,35,37H,7-9,18-20,23,44H2,1-6H3,(H,46,47)(H,48,52)/b33-24-,45-36?/t35-,37?,43?/m0/s1. The second kappa shape index (κ2) is 14.9. The fourth-order valence-corrected chi connectivity index (χ4v) is 7.86. The molecule has 55 heavy (non-hydrogen) atoms. The summed E-state index contributed by atoms with van der Waals surface area (Å²) >= 11 is 0. The molecule has 12 nitrogen and oxygen atoms in total. The van der Waals surface area contributed by atoms with E-state index in [0.717, 1.165) is 82.4 Å². The Kier molecular flexibility index (Phi) is 10.2. The van der Waals surface area contributed by atoms with Crippen LogP contribution in [0.2, 0.25) is 0 Å². The molecule has 1 spiro atoms. The quantitative estimate of drug-likeness (QED) is 0.166. The van der Waals surface area contributed by atoms with Crippen LogP contribution in [-0.4, -0.2) is 81.0 Å². The number of aromatic amines is 1. The second-order valence-electron chi connectivity index (χ2n) is 16.2. The topological polar surface area (TPSA) is 155 Å². The van der Waals surface area contributed by atoms with Crippen LogP contribution in [0, 0.1) is 5.92 Å². The molecule has 7 rings (SSSR count). The van der Waals surface area contributed by atoms with Crippen LogP contribution >= 0.6 is 0 Å². The van der Waals surface area contributed by atoms with Gasteiger partial charge in [0.25, 0.3) is 0 Å². The van der Waals surface area contributed by atoms with Crippen LogP contribution in [0.5, 0.6) is 0 Å². The van der Waals surface area contributed by atoms with E-state index in [1.54, 1.807) is 6.20 Å². The summed E-state index contributed by atoms with van der Waals surface area (Å²) in [5.41, 5.74) is 12.1. The van der Waals surface area contributed by atoms with Gasteiger partial charge in [0.05, 0.1) is 42.5 Å². The molecule has 1 aliphatic carbocycles. The molecule has 2 saturated heterocycles. The number of nitrogens with zero attached hydrogens (tertiary/aromatic N) is 4. The Bertz CT molecular complexity index is 2170. The monoisotopic (exact) mass is 745 g/mol. The van der Waals surface area contributed by atoms with Gasteiger partial charge >= 0.3 is 12.2 Å². The van der Waals surface area contributed by atoms with Crippen molar-refractivity contribution in [2.45, 2.75) is 89.9 Å². The zero-order valence-electron chi connectivity index (χ0n) is 32.5. The first-order chi connectivity index (χ1) is 26.3. The van der Waals surface area contributed by atoms with E-state index in [0.29, 0.717) is 18.8 Å². The first-order valence-corrected chi connectivity index (χ1v) is 19.1. The molecular weight excluding hydrogens is 695 g/mol. The van der Waals surface area contributed by atoms with Crippen LogP contribution in [-0.2, 0) is 14.3 Å². The lowest BCUT2D eigenvalue weighted by Gasteiger charge is -2.30. The molecule has 4 aromatic rings. The summed E-state index contributed by atoms with van der Waals surface area (Å²) in [6, 6.07) is 20.0. The van der Waals surface area contributed by atoms with Crippen molar-refractivity contribution in [3.8, 4) is 22.4 Å². The summed E-state index contributed by atoms with van der Waals surface area (Å²) < 4.78 is 10.4. The molecule has 3 heterocycles. The lowest BCUT2D eigenvalue weighted by molar-refractivity contribution is -0.135. The number of H-pyrrole nitrogens is 1. The predicted molar refractivity (Wildman–Crippen MR) is 214 cm³/mol. The molecule has 12 heteroatoms. The van der Waals surface area contributed by atoms with Gasteiger partial charge in [0.1, 0.15) is 17.5 Å². The average Bonchev–Trinajstić information content (AvgIpc) is 3.60. The molecule has 0 bridgehead atoms. The van der Waals surface area contributed by atoms with Gasteiger partial charge in [-0.3, -0.25) is 14.7 Å². The summed E-state index contributed by atoms with van der Waals surface area (Å²) in [6.07, 6.45) is 6.85. The maximum atomic E-state index is 13.5. The van der Waals surface area contributed by atoms with Crippen LogP contribution in [0.1, 0.15) is 84.2 Å². The van der Waals surface area contributed by atoms with E-state index in [9.17, 15) is 14.4 Å². The van der Waals surface area contributed by atoms with Crippen molar-refractivity contribution in [2.24, 2.45) is 16.6 Å². The van der Waals surface area contributed by atoms with Gasteiger partial charge in [-0.2, -0.15) is 0 Å². The molecule has 2 unspecified atom stereocenters. The zero-order valence-corrected chi connectivity index (χ0v) is 32.5. The molecule has 0 radical (unpaired) electrons. The minimum atomic E-state index is -0.680. The van der Waals surface area contributed by atoms with Crippen molar-refractivity contribution < 1.29 is 23.9 Å². The average molecular weight is 746 g/mol. The Labute approximate surface area is 322 Å². The number of likely N-dealkylation sites (tertiary alicyclic amines) is 2. The van der Waals surface area contributed by atoms with Gasteiger partial charge in [0.2, 0.25) is 5.91 Å². The molecule has 3 aliphatic rings. The highest BCUT2D eigenvalue weighted by molar-refractivity contribution is 6.12. The Morgan fingerprint density at radius 1 is 1.00 bits per heavy atom. The highest BCUT2D eigenvalue weighted by Crippen LogP contribution is 2.48. The van der Waals surface area contributed by atoms with E-state index in [4.69, 9.17) is 20.2 Å². The summed E-state index contributed by atoms with van der Waals surface area (Å²) in [4.78, 5) is 54.8. The van der Waals surface area contributed by atoms with Crippen LogP contribution in [0.25, 0.3) is 38.9 Å². The molecule has 3 atom stereocenters. The third-order valence-corrected chi connectivity index (χ3v) is 10.9. The minimum absolute atomic E-state index is 0.0978. The van der Waals surface area contributed by atoms with Crippen LogP contribution in [0.15, 0.2) is 78.1 Å². The first-order valence-electron chi connectivity index (χ1n) is 19.1.